The largest absolute Gasteiger partial charge is 0.504 e. The van der Waals surface area contributed by atoms with Crippen LogP contribution in [0.1, 0.15) is 34.5 Å². The Labute approximate surface area is 124 Å². The lowest BCUT2D eigenvalue weighted by Crippen LogP contribution is -2.27. The van der Waals surface area contributed by atoms with Crippen LogP contribution in [0.15, 0.2) is 42.5 Å². The summed E-state index contributed by atoms with van der Waals surface area (Å²) in [5, 5.41) is 12.9. The van der Waals surface area contributed by atoms with Crippen molar-refractivity contribution < 1.29 is 14.6 Å². The molecule has 0 aliphatic carbocycles. The van der Waals surface area contributed by atoms with Crippen LogP contribution >= 0.6 is 0 Å². The molecule has 0 aromatic heterocycles. The van der Waals surface area contributed by atoms with Gasteiger partial charge in [0.2, 0.25) is 0 Å². The van der Waals surface area contributed by atoms with E-state index in [4.69, 9.17) is 4.74 Å². The normalized spacial score (nSPS) is 11.8. The van der Waals surface area contributed by atoms with Gasteiger partial charge in [0.1, 0.15) is 0 Å². The van der Waals surface area contributed by atoms with E-state index in [0.717, 1.165) is 11.1 Å². The van der Waals surface area contributed by atoms with Gasteiger partial charge in [-0.05, 0) is 37.1 Å². The van der Waals surface area contributed by atoms with Gasteiger partial charge in [0.05, 0.1) is 18.7 Å². The molecule has 0 aliphatic rings. The fourth-order valence-electron chi connectivity index (χ4n) is 2.30. The third kappa shape index (κ3) is 3.16. The van der Waals surface area contributed by atoms with E-state index < -0.39 is 0 Å². The summed E-state index contributed by atoms with van der Waals surface area (Å²) in [5.41, 5.74) is 2.36. The second-order valence-corrected chi connectivity index (χ2v) is 4.91. The molecule has 0 saturated carbocycles. The summed E-state index contributed by atoms with van der Waals surface area (Å²) >= 11 is 0. The number of aromatic hydroxyl groups is 1. The van der Waals surface area contributed by atoms with Crippen molar-refractivity contribution in [3.63, 3.8) is 0 Å². The lowest BCUT2D eigenvalue weighted by molar-refractivity contribution is 0.0936. The highest BCUT2D eigenvalue weighted by atomic mass is 16.5. The molecule has 2 aromatic carbocycles. The summed E-state index contributed by atoms with van der Waals surface area (Å²) in [6.07, 6.45) is 0. The molecule has 0 spiro atoms. The van der Waals surface area contributed by atoms with Crippen molar-refractivity contribution in [2.24, 2.45) is 0 Å². The topological polar surface area (TPSA) is 58.6 Å². The van der Waals surface area contributed by atoms with E-state index in [2.05, 4.69) is 5.32 Å². The van der Waals surface area contributed by atoms with Crippen molar-refractivity contribution in [2.75, 3.05) is 7.11 Å². The van der Waals surface area contributed by atoms with Crippen molar-refractivity contribution in [2.45, 2.75) is 19.9 Å². The number of carbonyl (C=O) groups is 1. The first-order valence-electron chi connectivity index (χ1n) is 6.77. The number of rotatable bonds is 4. The van der Waals surface area contributed by atoms with Gasteiger partial charge in [-0.3, -0.25) is 4.79 Å². The second kappa shape index (κ2) is 6.31. The number of hydrogen-bond donors (Lipinski definition) is 2. The molecule has 2 rings (SSSR count). The number of benzene rings is 2. The van der Waals surface area contributed by atoms with Gasteiger partial charge in [-0.2, -0.15) is 0 Å². The van der Waals surface area contributed by atoms with E-state index >= 15 is 0 Å². The van der Waals surface area contributed by atoms with Crippen LogP contribution in [-0.4, -0.2) is 18.1 Å². The molecular weight excluding hydrogens is 266 g/mol. The predicted octanol–water partition coefficient (Wildman–Crippen LogP) is 3.20. The molecule has 0 aliphatic heterocycles. The summed E-state index contributed by atoms with van der Waals surface area (Å²) in [5.74, 6) is -0.192. The fraction of sp³-hybridized carbons (Fsp3) is 0.235. The molecular formula is C17H19NO3. The Kier molecular flexibility index (Phi) is 4.48. The number of nitrogens with one attached hydrogen (secondary N) is 1. The molecule has 4 nitrogen and oxygen atoms in total. The van der Waals surface area contributed by atoms with Crippen LogP contribution in [0, 0.1) is 6.92 Å². The highest BCUT2D eigenvalue weighted by Gasteiger charge is 2.17. The van der Waals surface area contributed by atoms with Gasteiger partial charge >= 0.3 is 0 Å². The number of phenolic OH excluding ortho intramolecular Hbond substituents is 1. The smallest absolute Gasteiger partial charge is 0.255 e. The molecule has 1 unspecified atom stereocenters. The van der Waals surface area contributed by atoms with Gasteiger partial charge < -0.3 is 15.2 Å². The monoisotopic (exact) mass is 285 g/mol. The zero-order valence-corrected chi connectivity index (χ0v) is 12.4. The molecule has 1 amide bonds. The lowest BCUT2D eigenvalue weighted by Gasteiger charge is -2.17. The van der Waals surface area contributed by atoms with Crippen LogP contribution < -0.4 is 10.1 Å². The van der Waals surface area contributed by atoms with Gasteiger partial charge in [-0.15, -0.1) is 0 Å². The van der Waals surface area contributed by atoms with Crippen LogP contribution in [0.5, 0.6) is 11.5 Å². The maximum absolute atomic E-state index is 12.3. The highest BCUT2D eigenvalue weighted by Crippen LogP contribution is 2.29. The van der Waals surface area contributed by atoms with Crippen LogP contribution in [0.4, 0.5) is 0 Å². The minimum absolute atomic E-state index is 0.144. The Morgan fingerprint density at radius 3 is 2.57 bits per heavy atom. The molecule has 110 valence electrons. The lowest BCUT2D eigenvalue weighted by atomic mass is 10.0. The molecule has 0 heterocycles. The molecule has 2 N–H and O–H groups in total. The molecule has 4 heteroatoms. The number of hydrogen-bond acceptors (Lipinski definition) is 3. The Morgan fingerprint density at radius 1 is 1.19 bits per heavy atom. The molecule has 0 bridgehead atoms. The van der Waals surface area contributed by atoms with Gasteiger partial charge in [-0.1, -0.05) is 30.3 Å². The zero-order valence-electron chi connectivity index (χ0n) is 12.4. The predicted molar refractivity (Wildman–Crippen MR) is 81.7 cm³/mol. The first kappa shape index (κ1) is 14.9. The van der Waals surface area contributed by atoms with Crippen LogP contribution in [0.3, 0.4) is 0 Å². The number of para-hydroxylation sites is 1. The van der Waals surface area contributed by atoms with E-state index in [1.807, 2.05) is 38.1 Å². The van der Waals surface area contributed by atoms with Crippen molar-refractivity contribution in [3.8, 4) is 11.5 Å². The van der Waals surface area contributed by atoms with Gasteiger partial charge in [0.15, 0.2) is 11.5 Å². The van der Waals surface area contributed by atoms with Crippen molar-refractivity contribution in [1.29, 1.82) is 0 Å². The van der Waals surface area contributed by atoms with Gasteiger partial charge in [-0.25, -0.2) is 0 Å². The summed E-state index contributed by atoms with van der Waals surface area (Å²) < 4.78 is 5.01. The van der Waals surface area contributed by atoms with E-state index in [9.17, 15) is 9.90 Å². The zero-order chi connectivity index (χ0) is 15.4. The fourth-order valence-corrected chi connectivity index (χ4v) is 2.30. The van der Waals surface area contributed by atoms with Crippen molar-refractivity contribution in [1.82, 2.24) is 5.32 Å². The first-order chi connectivity index (χ1) is 10.0. The second-order valence-electron chi connectivity index (χ2n) is 4.91. The molecule has 0 radical (unpaired) electrons. The number of aryl methyl sites for hydroxylation is 1. The Morgan fingerprint density at radius 2 is 1.90 bits per heavy atom. The van der Waals surface area contributed by atoms with Crippen LogP contribution in [-0.2, 0) is 0 Å². The van der Waals surface area contributed by atoms with Crippen LogP contribution in [0.25, 0.3) is 0 Å². The van der Waals surface area contributed by atoms with E-state index in [-0.39, 0.29) is 29.0 Å². The highest BCUT2D eigenvalue weighted by molar-refractivity contribution is 5.97. The molecule has 21 heavy (non-hydrogen) atoms. The average molecular weight is 285 g/mol. The van der Waals surface area contributed by atoms with Crippen LogP contribution in [0.2, 0.25) is 0 Å². The van der Waals surface area contributed by atoms with Crippen molar-refractivity contribution >= 4 is 5.91 Å². The Balaban J connectivity index is 2.21. The first-order valence-corrected chi connectivity index (χ1v) is 6.77. The standard InChI is InChI=1S/C17H19NO3/c1-11-7-4-5-8-13(11)12(2)18-17(20)14-9-6-10-15(21-3)16(14)19/h4-10,12,19H,1-3H3,(H,18,20). The molecule has 0 fully saturated rings. The summed E-state index contributed by atoms with van der Waals surface area (Å²) in [7, 11) is 1.45. The maximum atomic E-state index is 12.3. The summed E-state index contributed by atoms with van der Waals surface area (Å²) in [6, 6.07) is 12.6. The Bertz CT molecular complexity index is 652. The summed E-state index contributed by atoms with van der Waals surface area (Å²) in [6.45, 7) is 3.92. The summed E-state index contributed by atoms with van der Waals surface area (Å²) in [4.78, 5) is 12.3. The third-order valence-corrected chi connectivity index (χ3v) is 3.47. The number of carbonyl (C=O) groups excluding carboxylic acids is 1. The quantitative estimate of drug-likeness (QED) is 0.907. The van der Waals surface area contributed by atoms with Gasteiger partial charge in [0.25, 0.3) is 5.91 Å². The van der Waals surface area contributed by atoms with E-state index in [1.165, 1.54) is 7.11 Å². The number of phenols is 1. The third-order valence-electron chi connectivity index (χ3n) is 3.47. The van der Waals surface area contributed by atoms with E-state index in [1.54, 1.807) is 18.2 Å². The minimum atomic E-state index is -0.331. The molecule has 1 atom stereocenters. The van der Waals surface area contributed by atoms with E-state index in [0.29, 0.717) is 0 Å². The number of ether oxygens (including phenoxy) is 1. The van der Waals surface area contributed by atoms with Crippen molar-refractivity contribution in [3.05, 3.63) is 59.2 Å². The van der Waals surface area contributed by atoms with Gasteiger partial charge in [0, 0.05) is 0 Å². The molecule has 2 aromatic rings. The maximum Gasteiger partial charge on any atom is 0.255 e. The molecule has 0 saturated heterocycles. The average Bonchev–Trinajstić information content (AvgIpc) is 2.47. The minimum Gasteiger partial charge on any atom is -0.504 e. The SMILES string of the molecule is COc1cccc(C(=O)NC(C)c2ccccc2C)c1O. The Hall–Kier alpha value is -2.49. The number of methoxy groups -OCH3 is 1. The number of amides is 1.